The van der Waals surface area contributed by atoms with Crippen molar-refractivity contribution in [3.63, 3.8) is 0 Å². The van der Waals surface area contributed by atoms with Crippen LogP contribution in [-0.4, -0.2) is 5.11 Å². The van der Waals surface area contributed by atoms with Crippen molar-refractivity contribution in [2.45, 2.75) is 78.7 Å². The molecule has 1 atom stereocenters. The van der Waals surface area contributed by atoms with Gasteiger partial charge in [-0.3, -0.25) is 0 Å². The lowest BCUT2D eigenvalue weighted by atomic mass is 9.82. The molecule has 3 aromatic carbocycles. The molecule has 0 fully saturated rings. The molecule has 0 saturated carbocycles. The molecule has 3 rings (SSSR count). The first-order chi connectivity index (χ1) is 14.8. The number of hydrogen-bond acceptors (Lipinski definition) is 2. The Labute approximate surface area is 188 Å². The molecule has 2 N–H and O–H groups in total. The van der Waals surface area contributed by atoms with Crippen molar-refractivity contribution in [1.82, 2.24) is 0 Å². The predicted octanol–water partition coefficient (Wildman–Crippen LogP) is 8.21. The van der Waals surface area contributed by atoms with Crippen LogP contribution in [0.25, 0.3) is 10.8 Å². The summed E-state index contributed by atoms with van der Waals surface area (Å²) in [6.07, 6.45) is 5.82. The Kier molecular flexibility index (Phi) is 7.64. The molecule has 0 amide bonds. The van der Waals surface area contributed by atoms with Crippen molar-refractivity contribution < 1.29 is 5.11 Å². The number of unbranched alkanes of at least 4 members (excludes halogenated alkanes) is 1. The maximum atomic E-state index is 11.1. The topological polar surface area (TPSA) is 32.3 Å². The van der Waals surface area contributed by atoms with Gasteiger partial charge in [0, 0.05) is 17.6 Å². The largest absolute Gasteiger partial charge is 0.507 e. The van der Waals surface area contributed by atoms with Gasteiger partial charge in [-0.2, -0.15) is 0 Å². The number of benzene rings is 3. The number of phenols is 1. The fourth-order valence-electron chi connectivity index (χ4n) is 4.42. The van der Waals surface area contributed by atoms with Gasteiger partial charge >= 0.3 is 0 Å². The van der Waals surface area contributed by atoms with E-state index in [1.807, 2.05) is 0 Å². The standard InChI is InChI=1S/C29H39NO/c1-6-8-12-21(7-2)17-24-18-22(19-26(28(24)31)29(3,4)5)20-30-27-16-11-14-23-13-9-10-15-25(23)27/h9-11,13-16,18-19,21,30-31H,6-8,12,17,20H2,1-5H3. The SMILES string of the molecule is CCCCC(CC)Cc1cc(CNc2cccc3ccccc23)cc(C(C)(C)C)c1O. The Morgan fingerprint density at radius 1 is 0.968 bits per heavy atom. The lowest BCUT2D eigenvalue weighted by molar-refractivity contribution is 0.414. The van der Waals surface area contributed by atoms with Crippen LogP contribution in [-0.2, 0) is 18.4 Å². The quantitative estimate of drug-likeness (QED) is 0.367. The van der Waals surface area contributed by atoms with Crippen molar-refractivity contribution in [2.24, 2.45) is 5.92 Å². The molecule has 0 aliphatic rings. The number of anilines is 1. The Balaban J connectivity index is 1.90. The first-order valence-electron chi connectivity index (χ1n) is 11.9. The normalized spacial score (nSPS) is 12.8. The van der Waals surface area contributed by atoms with Gasteiger partial charge in [-0.15, -0.1) is 0 Å². The number of nitrogens with one attached hydrogen (secondary N) is 1. The number of fused-ring (bicyclic) bond motifs is 1. The molecule has 0 saturated heterocycles. The third-order valence-corrected chi connectivity index (χ3v) is 6.38. The van der Waals surface area contributed by atoms with E-state index in [9.17, 15) is 5.11 Å². The smallest absolute Gasteiger partial charge is 0.122 e. The predicted molar refractivity (Wildman–Crippen MR) is 135 cm³/mol. The lowest BCUT2D eigenvalue weighted by Crippen LogP contribution is -2.15. The first-order valence-corrected chi connectivity index (χ1v) is 11.9. The van der Waals surface area contributed by atoms with Crippen LogP contribution in [0.2, 0.25) is 0 Å². The molecule has 166 valence electrons. The van der Waals surface area contributed by atoms with Crippen LogP contribution in [0.4, 0.5) is 5.69 Å². The zero-order chi connectivity index (χ0) is 22.4. The number of aromatic hydroxyl groups is 1. The fraction of sp³-hybridized carbons (Fsp3) is 0.448. The minimum absolute atomic E-state index is 0.0978. The van der Waals surface area contributed by atoms with Crippen LogP contribution in [0.15, 0.2) is 54.6 Å². The van der Waals surface area contributed by atoms with E-state index in [4.69, 9.17) is 0 Å². The van der Waals surface area contributed by atoms with Gasteiger partial charge in [0.1, 0.15) is 5.75 Å². The van der Waals surface area contributed by atoms with Crippen LogP contribution in [0, 0.1) is 5.92 Å². The van der Waals surface area contributed by atoms with E-state index < -0.39 is 0 Å². The van der Waals surface area contributed by atoms with Crippen molar-refractivity contribution >= 4 is 16.5 Å². The molecule has 2 heteroatoms. The van der Waals surface area contributed by atoms with E-state index >= 15 is 0 Å². The summed E-state index contributed by atoms with van der Waals surface area (Å²) in [6.45, 7) is 11.8. The lowest BCUT2D eigenvalue weighted by Gasteiger charge is -2.25. The third kappa shape index (κ3) is 5.81. The number of rotatable bonds is 9. The molecular weight excluding hydrogens is 378 g/mol. The molecule has 2 nitrogen and oxygen atoms in total. The molecule has 0 aromatic heterocycles. The zero-order valence-electron chi connectivity index (χ0n) is 20.0. The summed E-state index contributed by atoms with van der Waals surface area (Å²) >= 11 is 0. The molecule has 3 aromatic rings. The summed E-state index contributed by atoms with van der Waals surface area (Å²) in [5.74, 6) is 1.12. The molecule has 0 aliphatic heterocycles. The second-order valence-corrected chi connectivity index (χ2v) is 9.90. The average Bonchev–Trinajstić information content (AvgIpc) is 2.75. The zero-order valence-corrected chi connectivity index (χ0v) is 20.0. The van der Waals surface area contributed by atoms with Crippen molar-refractivity contribution in [3.8, 4) is 5.75 Å². The van der Waals surface area contributed by atoms with Gasteiger partial charge in [-0.05, 0) is 52.0 Å². The fourth-order valence-corrected chi connectivity index (χ4v) is 4.42. The molecule has 0 radical (unpaired) electrons. The van der Waals surface area contributed by atoms with Crippen LogP contribution < -0.4 is 5.32 Å². The van der Waals surface area contributed by atoms with E-state index in [-0.39, 0.29) is 5.41 Å². The highest BCUT2D eigenvalue weighted by molar-refractivity contribution is 5.93. The first kappa shape index (κ1) is 23.2. The Bertz CT molecular complexity index is 994. The van der Waals surface area contributed by atoms with E-state index in [1.165, 1.54) is 35.6 Å². The maximum absolute atomic E-state index is 11.1. The second kappa shape index (κ2) is 10.2. The Morgan fingerprint density at radius 2 is 1.71 bits per heavy atom. The van der Waals surface area contributed by atoms with Crippen LogP contribution in [0.5, 0.6) is 5.75 Å². The third-order valence-electron chi connectivity index (χ3n) is 6.38. The minimum atomic E-state index is -0.0978. The monoisotopic (exact) mass is 417 g/mol. The summed E-state index contributed by atoms with van der Waals surface area (Å²) < 4.78 is 0. The molecule has 0 heterocycles. The van der Waals surface area contributed by atoms with Crippen molar-refractivity contribution in [3.05, 3.63) is 71.3 Å². The van der Waals surface area contributed by atoms with Gasteiger partial charge in [0.2, 0.25) is 0 Å². The highest BCUT2D eigenvalue weighted by Gasteiger charge is 2.22. The van der Waals surface area contributed by atoms with Crippen LogP contribution in [0.1, 0.15) is 77.0 Å². The van der Waals surface area contributed by atoms with E-state index in [2.05, 4.69) is 94.5 Å². The van der Waals surface area contributed by atoms with Crippen molar-refractivity contribution in [2.75, 3.05) is 5.32 Å². The number of hydrogen-bond donors (Lipinski definition) is 2. The van der Waals surface area contributed by atoms with Crippen LogP contribution >= 0.6 is 0 Å². The summed E-state index contributed by atoms with van der Waals surface area (Å²) in [5.41, 5.74) is 4.44. The Morgan fingerprint density at radius 3 is 2.42 bits per heavy atom. The molecule has 1 unspecified atom stereocenters. The molecular formula is C29H39NO. The summed E-state index contributed by atoms with van der Waals surface area (Å²) in [4.78, 5) is 0. The second-order valence-electron chi connectivity index (χ2n) is 9.90. The molecule has 0 bridgehead atoms. The average molecular weight is 418 g/mol. The minimum Gasteiger partial charge on any atom is -0.507 e. The van der Waals surface area contributed by atoms with Crippen molar-refractivity contribution in [1.29, 1.82) is 0 Å². The summed E-state index contributed by atoms with van der Waals surface area (Å²) in [7, 11) is 0. The molecule has 0 aliphatic carbocycles. The maximum Gasteiger partial charge on any atom is 0.122 e. The highest BCUT2D eigenvalue weighted by Crippen LogP contribution is 2.37. The molecule has 31 heavy (non-hydrogen) atoms. The number of phenolic OH excluding ortho intramolecular Hbond substituents is 1. The van der Waals surface area contributed by atoms with Gasteiger partial charge in [0.15, 0.2) is 0 Å². The van der Waals surface area contributed by atoms with E-state index in [0.29, 0.717) is 11.7 Å². The highest BCUT2D eigenvalue weighted by atomic mass is 16.3. The Hall–Kier alpha value is -2.48. The van der Waals surface area contributed by atoms with E-state index in [1.54, 1.807) is 0 Å². The summed E-state index contributed by atoms with van der Waals surface area (Å²) in [5, 5.41) is 17.3. The molecule has 0 spiro atoms. The van der Waals surface area contributed by atoms with E-state index in [0.717, 1.165) is 36.2 Å². The van der Waals surface area contributed by atoms with Gasteiger partial charge in [-0.1, -0.05) is 103 Å². The van der Waals surface area contributed by atoms with Crippen LogP contribution in [0.3, 0.4) is 0 Å². The van der Waals surface area contributed by atoms with Gasteiger partial charge in [0.25, 0.3) is 0 Å². The summed E-state index contributed by atoms with van der Waals surface area (Å²) in [6, 6.07) is 19.3. The van der Waals surface area contributed by atoms with Gasteiger partial charge < -0.3 is 10.4 Å². The van der Waals surface area contributed by atoms with Gasteiger partial charge in [-0.25, -0.2) is 0 Å². The van der Waals surface area contributed by atoms with Gasteiger partial charge in [0.05, 0.1) is 0 Å².